The Morgan fingerprint density at radius 3 is 2.27 bits per heavy atom. The lowest BCUT2D eigenvalue weighted by Crippen LogP contribution is -1.93. The zero-order valence-corrected chi connectivity index (χ0v) is 7.18. The first-order valence-electron chi connectivity index (χ1n) is 3.71. The first kappa shape index (κ1) is 8.28. The second-order valence-corrected chi connectivity index (χ2v) is 2.88. The van der Waals surface area contributed by atoms with Gasteiger partial charge >= 0.3 is 0 Å². The van der Waals surface area contributed by atoms with Crippen LogP contribution in [0.25, 0.3) is 0 Å². The molecule has 0 spiro atoms. The van der Waals surface area contributed by atoms with Gasteiger partial charge in [-0.05, 0) is 37.5 Å². The van der Waals surface area contributed by atoms with Gasteiger partial charge in [0.05, 0.1) is 0 Å². The highest BCUT2D eigenvalue weighted by atomic mass is 16.3. The van der Waals surface area contributed by atoms with Gasteiger partial charge in [-0.15, -0.1) is 0 Å². The first-order chi connectivity index (χ1) is 5.11. The van der Waals surface area contributed by atoms with E-state index in [1.54, 1.807) is 6.92 Å². The van der Waals surface area contributed by atoms with Gasteiger partial charge in [-0.25, -0.2) is 0 Å². The van der Waals surface area contributed by atoms with Crippen LogP contribution in [0.3, 0.4) is 0 Å². The van der Waals surface area contributed by atoms with E-state index in [1.165, 1.54) is 11.1 Å². The Kier molecular flexibility index (Phi) is 2.30. The van der Waals surface area contributed by atoms with Crippen LogP contribution in [0.5, 0.6) is 0 Å². The Bertz CT molecular complexity index is 251. The summed E-state index contributed by atoms with van der Waals surface area (Å²) in [6.45, 7) is 5.80. The Morgan fingerprint density at radius 1 is 1.18 bits per heavy atom. The molecule has 1 nitrogen and oxygen atoms in total. The predicted molar refractivity (Wildman–Crippen MR) is 45.9 cm³/mol. The molecule has 0 aromatic heterocycles. The lowest BCUT2D eigenvalue weighted by atomic mass is 10.0. The van der Waals surface area contributed by atoms with Crippen LogP contribution in [-0.4, -0.2) is 5.11 Å². The molecule has 0 bridgehead atoms. The van der Waals surface area contributed by atoms with Crippen molar-refractivity contribution < 1.29 is 5.11 Å². The van der Waals surface area contributed by atoms with Gasteiger partial charge in [0.1, 0.15) is 6.10 Å². The smallest absolute Gasteiger partial charge is 0.119 e. The maximum atomic E-state index is 9.16. The fraction of sp³-hybridized carbons (Fsp3) is 0.300. The summed E-state index contributed by atoms with van der Waals surface area (Å²) in [7, 11) is 0. The molecule has 1 aromatic carbocycles. The first-order valence-corrected chi connectivity index (χ1v) is 3.71. The minimum absolute atomic E-state index is 0.383. The summed E-state index contributed by atoms with van der Waals surface area (Å²) in [5.74, 6) is 0. The number of hydrogen-bond acceptors (Lipinski definition) is 1. The Balaban J connectivity index is 3.05. The lowest BCUT2D eigenvalue weighted by molar-refractivity contribution is 0.341. The molecule has 0 saturated carbocycles. The summed E-state index contributed by atoms with van der Waals surface area (Å²) < 4.78 is 0. The second kappa shape index (κ2) is 3.05. The molecule has 0 amide bonds. The van der Waals surface area contributed by atoms with Crippen molar-refractivity contribution in [1.29, 1.82) is 0 Å². The molecular formula is C10H13O. The molecule has 1 rings (SSSR count). The van der Waals surface area contributed by atoms with Gasteiger partial charge in [0.25, 0.3) is 0 Å². The third kappa shape index (κ3) is 1.81. The van der Waals surface area contributed by atoms with E-state index < -0.39 is 0 Å². The molecule has 1 N–H and O–H groups in total. The Morgan fingerprint density at radius 2 is 1.82 bits per heavy atom. The van der Waals surface area contributed by atoms with Gasteiger partial charge in [-0.1, -0.05) is 18.2 Å². The van der Waals surface area contributed by atoms with Crippen LogP contribution in [0, 0.1) is 20.0 Å². The second-order valence-electron chi connectivity index (χ2n) is 2.88. The predicted octanol–water partition coefficient (Wildman–Crippen LogP) is 2.58. The number of rotatable bonds is 1. The van der Waals surface area contributed by atoms with Crippen LogP contribution in [0.4, 0.5) is 0 Å². The molecule has 0 saturated heterocycles. The normalized spacial score (nSPS) is 10.6. The van der Waals surface area contributed by atoms with Crippen LogP contribution >= 0.6 is 0 Å². The molecule has 0 heterocycles. The van der Waals surface area contributed by atoms with E-state index in [9.17, 15) is 0 Å². The highest BCUT2D eigenvalue weighted by molar-refractivity contribution is 5.34. The van der Waals surface area contributed by atoms with E-state index in [-0.39, 0.29) is 0 Å². The lowest BCUT2D eigenvalue weighted by Gasteiger charge is -2.05. The summed E-state index contributed by atoms with van der Waals surface area (Å²) in [6, 6.07) is 5.94. The van der Waals surface area contributed by atoms with Crippen molar-refractivity contribution in [3.63, 3.8) is 0 Å². The van der Waals surface area contributed by atoms with Crippen LogP contribution in [-0.2, 0) is 0 Å². The van der Waals surface area contributed by atoms with Crippen molar-refractivity contribution in [3.05, 3.63) is 41.0 Å². The van der Waals surface area contributed by atoms with E-state index in [2.05, 4.69) is 6.92 Å². The summed E-state index contributed by atoms with van der Waals surface area (Å²) >= 11 is 0. The zero-order valence-electron chi connectivity index (χ0n) is 7.18. The van der Waals surface area contributed by atoms with Gasteiger partial charge in [0.2, 0.25) is 0 Å². The van der Waals surface area contributed by atoms with Gasteiger partial charge in [-0.3, -0.25) is 0 Å². The third-order valence-electron chi connectivity index (χ3n) is 1.92. The highest BCUT2D eigenvalue weighted by Gasteiger charge is 2.01. The minimum Gasteiger partial charge on any atom is -0.382 e. The molecule has 0 unspecified atom stereocenters. The average Bonchev–Trinajstić information content (AvgIpc) is 1.94. The molecule has 0 aliphatic rings. The van der Waals surface area contributed by atoms with Crippen LogP contribution in [0.15, 0.2) is 18.2 Å². The van der Waals surface area contributed by atoms with Crippen molar-refractivity contribution in [2.75, 3.05) is 0 Å². The molecule has 1 radical (unpaired) electrons. The molecule has 11 heavy (non-hydrogen) atoms. The molecule has 1 aromatic rings. The van der Waals surface area contributed by atoms with Crippen molar-refractivity contribution in [2.45, 2.75) is 20.8 Å². The number of aliphatic hydroxyl groups is 1. The summed E-state index contributed by atoms with van der Waals surface area (Å²) in [6.07, 6.45) is 0.383. The van der Waals surface area contributed by atoms with Crippen molar-refractivity contribution in [2.24, 2.45) is 0 Å². The van der Waals surface area contributed by atoms with Crippen LogP contribution in [0.2, 0.25) is 0 Å². The monoisotopic (exact) mass is 149 g/mol. The molecule has 0 aliphatic heterocycles. The Labute approximate surface area is 67.7 Å². The van der Waals surface area contributed by atoms with E-state index in [1.807, 2.05) is 25.1 Å². The van der Waals surface area contributed by atoms with Crippen LogP contribution < -0.4 is 0 Å². The third-order valence-corrected chi connectivity index (χ3v) is 1.92. The summed E-state index contributed by atoms with van der Waals surface area (Å²) in [4.78, 5) is 0. The van der Waals surface area contributed by atoms with Crippen molar-refractivity contribution in [3.8, 4) is 0 Å². The SMILES string of the molecule is C[C](O)c1ccc(C)c(C)c1. The van der Waals surface area contributed by atoms with E-state index in [0.29, 0.717) is 6.10 Å². The van der Waals surface area contributed by atoms with Gasteiger partial charge in [0.15, 0.2) is 0 Å². The van der Waals surface area contributed by atoms with E-state index >= 15 is 0 Å². The van der Waals surface area contributed by atoms with Gasteiger partial charge in [0, 0.05) is 0 Å². The molecule has 1 heteroatoms. The van der Waals surface area contributed by atoms with Gasteiger partial charge in [-0.2, -0.15) is 0 Å². The van der Waals surface area contributed by atoms with E-state index in [0.717, 1.165) is 5.56 Å². The maximum Gasteiger partial charge on any atom is 0.119 e. The zero-order chi connectivity index (χ0) is 8.43. The number of aryl methyl sites for hydroxylation is 2. The largest absolute Gasteiger partial charge is 0.382 e. The fourth-order valence-corrected chi connectivity index (χ4v) is 0.966. The molecule has 0 fully saturated rings. The molecule has 59 valence electrons. The molecular weight excluding hydrogens is 136 g/mol. The minimum atomic E-state index is 0.383. The van der Waals surface area contributed by atoms with Crippen LogP contribution in [0.1, 0.15) is 23.6 Å². The Hall–Kier alpha value is -0.820. The van der Waals surface area contributed by atoms with E-state index in [4.69, 9.17) is 5.11 Å². The number of hydrogen-bond donors (Lipinski definition) is 1. The van der Waals surface area contributed by atoms with Crippen molar-refractivity contribution >= 4 is 0 Å². The number of benzene rings is 1. The molecule has 0 atom stereocenters. The van der Waals surface area contributed by atoms with Gasteiger partial charge < -0.3 is 5.11 Å². The summed E-state index contributed by atoms with van der Waals surface area (Å²) in [5.41, 5.74) is 3.39. The standard InChI is InChI=1S/C10H13O/c1-7-4-5-10(9(3)11)6-8(7)2/h4-6,11H,1-3H3. The number of aliphatic hydroxyl groups excluding tert-OH is 1. The average molecular weight is 149 g/mol. The molecule has 0 aliphatic carbocycles. The maximum absolute atomic E-state index is 9.16. The fourth-order valence-electron chi connectivity index (χ4n) is 0.966. The topological polar surface area (TPSA) is 20.2 Å². The van der Waals surface area contributed by atoms with Crippen molar-refractivity contribution in [1.82, 2.24) is 0 Å². The quantitative estimate of drug-likeness (QED) is 0.650. The highest BCUT2D eigenvalue weighted by Crippen LogP contribution is 2.15. The summed E-state index contributed by atoms with van der Waals surface area (Å²) in [5, 5.41) is 9.16.